The van der Waals surface area contributed by atoms with Crippen LogP contribution < -0.4 is 11.1 Å². The fraction of sp³-hybridized carbons (Fsp3) is 0.273. The monoisotopic (exact) mass is 247 g/mol. The Morgan fingerprint density at radius 1 is 1.44 bits per heavy atom. The maximum Gasteiger partial charge on any atom is 0.240 e. The second kappa shape index (κ2) is 5.37. The van der Waals surface area contributed by atoms with E-state index in [0.717, 1.165) is 5.69 Å². The highest BCUT2D eigenvalue weighted by molar-refractivity contribution is 5.75. The lowest BCUT2D eigenvalue weighted by Gasteiger charge is -1.96. The van der Waals surface area contributed by atoms with Gasteiger partial charge < -0.3 is 10.3 Å². The first-order chi connectivity index (χ1) is 8.65. The average Bonchev–Trinajstić information content (AvgIpc) is 2.77. The first kappa shape index (κ1) is 12.2. The molecule has 0 saturated carbocycles. The summed E-state index contributed by atoms with van der Waals surface area (Å²) in [6.07, 6.45) is 0. The molecule has 0 bridgehead atoms. The van der Waals surface area contributed by atoms with Crippen LogP contribution in [0, 0.1) is 6.92 Å². The van der Waals surface area contributed by atoms with E-state index in [-0.39, 0.29) is 6.54 Å². The Bertz CT molecular complexity index is 552. The molecule has 0 aliphatic rings. The second-order valence-electron chi connectivity index (χ2n) is 3.75. The normalized spacial score (nSPS) is 10.5. The number of aryl methyl sites for hydroxylation is 1. The fourth-order valence-electron chi connectivity index (χ4n) is 1.39. The zero-order valence-corrected chi connectivity index (χ0v) is 9.88. The van der Waals surface area contributed by atoms with Crippen LogP contribution >= 0.6 is 0 Å². The molecule has 0 aliphatic heterocycles. The highest BCUT2D eigenvalue weighted by atomic mass is 16.5. The number of nitrogens with zero attached hydrogens (tertiary/aromatic N) is 3. The molecule has 0 atom stereocenters. The van der Waals surface area contributed by atoms with Gasteiger partial charge in [-0.1, -0.05) is 11.2 Å². The fourth-order valence-corrected chi connectivity index (χ4v) is 1.39. The Kier molecular flexibility index (Phi) is 3.63. The number of aromatic nitrogens is 3. The summed E-state index contributed by atoms with van der Waals surface area (Å²) in [5.41, 5.74) is 6.52. The van der Waals surface area contributed by atoms with Crippen molar-refractivity contribution in [2.75, 3.05) is 6.54 Å². The first-order valence-corrected chi connectivity index (χ1v) is 5.41. The van der Waals surface area contributed by atoms with Crippen molar-refractivity contribution < 1.29 is 9.32 Å². The third-order valence-corrected chi connectivity index (χ3v) is 2.16. The summed E-state index contributed by atoms with van der Waals surface area (Å²) >= 11 is 0. The number of carbonyl (C=O) groups is 1. The molecule has 7 nitrogen and oxygen atoms in total. The summed E-state index contributed by atoms with van der Waals surface area (Å²) < 4.78 is 5.03. The van der Waals surface area contributed by atoms with Gasteiger partial charge in [-0.15, -0.1) is 0 Å². The molecule has 0 spiro atoms. The van der Waals surface area contributed by atoms with Crippen molar-refractivity contribution in [3.8, 4) is 11.5 Å². The maximum atomic E-state index is 10.5. The van der Waals surface area contributed by atoms with E-state index in [1.165, 1.54) is 0 Å². The van der Waals surface area contributed by atoms with Gasteiger partial charge >= 0.3 is 0 Å². The largest absolute Gasteiger partial charge is 0.369 e. The zero-order valence-electron chi connectivity index (χ0n) is 9.88. The minimum Gasteiger partial charge on any atom is -0.369 e. The number of nitrogens with one attached hydrogen (secondary N) is 1. The van der Waals surface area contributed by atoms with E-state index in [2.05, 4.69) is 20.4 Å². The van der Waals surface area contributed by atoms with Crippen LogP contribution in [-0.4, -0.2) is 27.6 Å². The molecule has 0 aliphatic carbocycles. The predicted octanol–water partition coefficient (Wildman–Crippen LogP) is 0.0149. The van der Waals surface area contributed by atoms with Crippen LogP contribution in [0.1, 0.15) is 11.6 Å². The van der Waals surface area contributed by atoms with Crippen LogP contribution in [-0.2, 0) is 11.3 Å². The minimum absolute atomic E-state index is 0.0698. The van der Waals surface area contributed by atoms with Crippen molar-refractivity contribution in [3.05, 3.63) is 29.8 Å². The predicted molar refractivity (Wildman–Crippen MR) is 63.2 cm³/mol. The highest BCUT2D eigenvalue weighted by Crippen LogP contribution is 2.12. The third-order valence-electron chi connectivity index (χ3n) is 2.16. The number of primary amides is 1. The van der Waals surface area contributed by atoms with E-state index in [9.17, 15) is 4.79 Å². The standard InChI is InChI=1S/C11H13N5O2/c1-7-3-2-4-8(14-7)11-15-10(18-16-11)6-13-5-9(12)17/h2-4,13H,5-6H2,1H3,(H2,12,17). The maximum absolute atomic E-state index is 10.5. The van der Waals surface area contributed by atoms with Gasteiger partial charge in [0.1, 0.15) is 5.69 Å². The van der Waals surface area contributed by atoms with Gasteiger partial charge in [0.2, 0.25) is 17.6 Å². The van der Waals surface area contributed by atoms with Gasteiger partial charge in [-0.2, -0.15) is 4.98 Å². The Morgan fingerprint density at radius 3 is 3.00 bits per heavy atom. The van der Waals surface area contributed by atoms with Crippen LogP contribution in [0.5, 0.6) is 0 Å². The molecule has 2 aromatic heterocycles. The van der Waals surface area contributed by atoms with Crippen molar-refractivity contribution in [1.82, 2.24) is 20.4 Å². The lowest BCUT2D eigenvalue weighted by molar-refractivity contribution is -0.117. The molecule has 0 aromatic carbocycles. The molecule has 94 valence electrons. The van der Waals surface area contributed by atoms with Crippen molar-refractivity contribution >= 4 is 5.91 Å². The van der Waals surface area contributed by atoms with Crippen molar-refractivity contribution in [3.63, 3.8) is 0 Å². The molecule has 3 N–H and O–H groups in total. The number of pyridine rings is 1. The number of carbonyl (C=O) groups excluding carboxylic acids is 1. The smallest absolute Gasteiger partial charge is 0.240 e. The molecule has 0 radical (unpaired) electrons. The summed E-state index contributed by atoms with van der Waals surface area (Å²) in [6, 6.07) is 5.57. The van der Waals surface area contributed by atoms with E-state index in [4.69, 9.17) is 10.3 Å². The van der Waals surface area contributed by atoms with Crippen molar-refractivity contribution in [1.29, 1.82) is 0 Å². The SMILES string of the molecule is Cc1cccc(-c2noc(CNCC(N)=O)n2)n1. The molecular formula is C11H13N5O2. The first-order valence-electron chi connectivity index (χ1n) is 5.41. The number of hydrogen-bond donors (Lipinski definition) is 2. The van der Waals surface area contributed by atoms with Crippen LogP contribution in [0.2, 0.25) is 0 Å². The Labute approximate surface area is 103 Å². The summed E-state index contributed by atoms with van der Waals surface area (Å²) in [7, 11) is 0. The molecule has 2 aromatic rings. The van der Waals surface area contributed by atoms with E-state index in [1.807, 2.05) is 19.1 Å². The van der Waals surface area contributed by atoms with E-state index >= 15 is 0 Å². The second-order valence-corrected chi connectivity index (χ2v) is 3.75. The molecule has 2 rings (SSSR count). The molecule has 0 unspecified atom stereocenters. The molecule has 1 amide bonds. The van der Waals surface area contributed by atoms with E-state index < -0.39 is 5.91 Å². The number of amides is 1. The quantitative estimate of drug-likeness (QED) is 0.771. The third kappa shape index (κ3) is 3.11. The van der Waals surface area contributed by atoms with Crippen molar-refractivity contribution in [2.24, 2.45) is 5.73 Å². The molecule has 7 heteroatoms. The zero-order chi connectivity index (χ0) is 13.0. The van der Waals surface area contributed by atoms with Crippen molar-refractivity contribution in [2.45, 2.75) is 13.5 Å². The summed E-state index contributed by atoms with van der Waals surface area (Å²) in [6.45, 7) is 2.25. The number of rotatable bonds is 5. The van der Waals surface area contributed by atoms with Gasteiger partial charge in [0, 0.05) is 5.69 Å². The molecular weight excluding hydrogens is 234 g/mol. The number of nitrogens with two attached hydrogens (primary N) is 1. The van der Waals surface area contributed by atoms with Crippen LogP contribution in [0.25, 0.3) is 11.5 Å². The van der Waals surface area contributed by atoms with Gasteiger partial charge in [0.25, 0.3) is 0 Å². The van der Waals surface area contributed by atoms with Crippen LogP contribution in [0.4, 0.5) is 0 Å². The van der Waals surface area contributed by atoms with Gasteiger partial charge in [-0.25, -0.2) is 4.98 Å². The average molecular weight is 247 g/mol. The van der Waals surface area contributed by atoms with Crippen LogP contribution in [0.15, 0.2) is 22.7 Å². The van der Waals surface area contributed by atoms with Gasteiger partial charge in [0.05, 0.1) is 13.1 Å². The molecule has 0 fully saturated rings. The molecule has 2 heterocycles. The topological polar surface area (TPSA) is 107 Å². The Balaban J connectivity index is 2.04. The summed E-state index contributed by atoms with van der Waals surface area (Å²) in [4.78, 5) is 19.0. The van der Waals surface area contributed by atoms with Gasteiger partial charge in [-0.05, 0) is 19.1 Å². The minimum atomic E-state index is -0.435. The summed E-state index contributed by atoms with van der Waals surface area (Å²) in [5.74, 6) is 0.374. The van der Waals surface area contributed by atoms with Crippen LogP contribution in [0.3, 0.4) is 0 Å². The lowest BCUT2D eigenvalue weighted by Crippen LogP contribution is -2.28. The summed E-state index contributed by atoms with van der Waals surface area (Å²) in [5, 5.41) is 6.61. The number of hydrogen-bond acceptors (Lipinski definition) is 6. The Morgan fingerprint density at radius 2 is 2.28 bits per heavy atom. The van der Waals surface area contributed by atoms with Gasteiger partial charge in [0.15, 0.2) is 0 Å². The van der Waals surface area contributed by atoms with Gasteiger partial charge in [-0.3, -0.25) is 10.1 Å². The highest BCUT2D eigenvalue weighted by Gasteiger charge is 2.09. The molecule has 0 saturated heterocycles. The lowest BCUT2D eigenvalue weighted by atomic mass is 10.3. The molecule has 18 heavy (non-hydrogen) atoms. The van der Waals surface area contributed by atoms with E-state index in [0.29, 0.717) is 24.0 Å². The Hall–Kier alpha value is -2.28. The van der Waals surface area contributed by atoms with E-state index in [1.54, 1.807) is 6.07 Å².